The molecule has 0 saturated heterocycles. The largest absolute Gasteiger partial charge is 0.462 e. The molecule has 0 fully saturated rings. The molecule has 158 valence electrons. The van der Waals surface area contributed by atoms with Gasteiger partial charge in [0.2, 0.25) is 0 Å². The van der Waals surface area contributed by atoms with Crippen molar-refractivity contribution in [3.05, 3.63) is 28.3 Å². The summed E-state index contributed by atoms with van der Waals surface area (Å²) in [5.41, 5.74) is -0.835. The number of nitro benzene ring substituents is 1. The van der Waals surface area contributed by atoms with E-state index in [1.807, 2.05) is 0 Å². The minimum absolute atomic E-state index is 0.180. The zero-order valence-electron chi connectivity index (χ0n) is 14.1. The molecule has 0 aromatic heterocycles. The van der Waals surface area contributed by atoms with Gasteiger partial charge in [-0.1, -0.05) is 0 Å². The molecule has 0 atom stereocenters. The number of nitrogens with zero attached hydrogens (tertiary/aromatic N) is 1. The van der Waals surface area contributed by atoms with Gasteiger partial charge in [-0.3, -0.25) is 14.9 Å². The molecule has 14 heteroatoms. The Morgan fingerprint density at radius 2 is 1.75 bits per heavy atom. The second kappa shape index (κ2) is 8.76. The van der Waals surface area contributed by atoms with Crippen LogP contribution in [0.2, 0.25) is 0 Å². The third-order valence-corrected chi connectivity index (χ3v) is 4.85. The minimum Gasteiger partial charge on any atom is -0.462 e. The standard InChI is InChI=1S/C14H12F7NO4S2/c1-7(2)26-11(23)6-27-10-4-3-8(5-9(10)22(24)25)28-14(20,21)12(15,16)13(17,18)19/h3-5,7H,6H2,1-2H3. The highest BCUT2D eigenvalue weighted by molar-refractivity contribution is 8.00. The van der Waals surface area contributed by atoms with E-state index >= 15 is 0 Å². The number of nitro groups is 1. The van der Waals surface area contributed by atoms with Gasteiger partial charge >= 0.3 is 23.3 Å². The van der Waals surface area contributed by atoms with Gasteiger partial charge in [0.05, 0.1) is 21.7 Å². The molecule has 0 unspecified atom stereocenters. The average Bonchev–Trinajstić information content (AvgIpc) is 2.51. The van der Waals surface area contributed by atoms with E-state index in [-0.39, 0.29) is 10.6 Å². The fourth-order valence-corrected chi connectivity index (χ4v) is 3.27. The van der Waals surface area contributed by atoms with Crippen molar-refractivity contribution in [2.45, 2.75) is 47.1 Å². The normalized spacial score (nSPS) is 12.9. The number of ether oxygens (including phenoxy) is 1. The Hall–Kier alpha value is -1.70. The number of halogens is 7. The van der Waals surface area contributed by atoms with Crippen molar-refractivity contribution in [3.63, 3.8) is 0 Å². The monoisotopic (exact) mass is 455 g/mol. The number of benzene rings is 1. The van der Waals surface area contributed by atoms with Crippen LogP contribution >= 0.6 is 23.5 Å². The zero-order valence-corrected chi connectivity index (χ0v) is 15.7. The molecule has 0 aliphatic carbocycles. The molecule has 0 bridgehead atoms. The molecule has 1 aromatic carbocycles. The average molecular weight is 455 g/mol. The molecule has 1 rings (SSSR count). The van der Waals surface area contributed by atoms with Crippen molar-refractivity contribution >= 4 is 35.2 Å². The first-order valence-electron chi connectivity index (χ1n) is 7.20. The predicted molar refractivity (Wildman–Crippen MR) is 86.9 cm³/mol. The highest BCUT2D eigenvalue weighted by Crippen LogP contribution is 2.54. The van der Waals surface area contributed by atoms with E-state index in [1.165, 1.54) is 0 Å². The molecular formula is C14H12F7NO4S2. The second-order valence-corrected chi connectivity index (χ2v) is 7.61. The minimum atomic E-state index is -6.51. The smallest absolute Gasteiger partial charge is 0.460 e. The Bertz CT molecular complexity index is 741. The molecule has 1 aromatic rings. The van der Waals surface area contributed by atoms with Crippen molar-refractivity contribution in [1.82, 2.24) is 0 Å². The summed E-state index contributed by atoms with van der Waals surface area (Å²) in [6.07, 6.45) is -6.96. The molecule has 0 radical (unpaired) electrons. The van der Waals surface area contributed by atoms with Gasteiger partial charge < -0.3 is 4.74 Å². The van der Waals surface area contributed by atoms with Crippen LogP contribution in [0, 0.1) is 10.1 Å². The first-order chi connectivity index (χ1) is 12.6. The lowest BCUT2D eigenvalue weighted by molar-refractivity contribution is -0.387. The zero-order chi connectivity index (χ0) is 21.9. The maximum absolute atomic E-state index is 13.4. The summed E-state index contributed by atoms with van der Waals surface area (Å²) in [4.78, 5) is 20.4. The molecule has 0 aliphatic heterocycles. The van der Waals surface area contributed by atoms with Gasteiger partial charge in [0, 0.05) is 11.0 Å². The summed E-state index contributed by atoms with van der Waals surface area (Å²) in [6, 6.07) is 2.02. The third-order valence-electron chi connectivity index (χ3n) is 2.81. The van der Waals surface area contributed by atoms with Gasteiger partial charge in [-0.2, -0.15) is 30.7 Å². The maximum Gasteiger partial charge on any atom is 0.460 e. The van der Waals surface area contributed by atoms with Crippen LogP contribution in [0.5, 0.6) is 0 Å². The Morgan fingerprint density at radius 1 is 1.18 bits per heavy atom. The lowest BCUT2D eigenvalue weighted by atomic mass is 10.3. The van der Waals surface area contributed by atoms with Gasteiger partial charge in [0.15, 0.2) is 0 Å². The Labute approximate surface area is 162 Å². The van der Waals surface area contributed by atoms with E-state index in [9.17, 15) is 45.6 Å². The fraction of sp³-hybridized carbons (Fsp3) is 0.500. The highest BCUT2D eigenvalue weighted by Gasteiger charge is 2.73. The molecule has 0 spiro atoms. The van der Waals surface area contributed by atoms with E-state index in [2.05, 4.69) is 0 Å². The molecule has 0 heterocycles. The van der Waals surface area contributed by atoms with Crippen LogP contribution in [0.15, 0.2) is 28.0 Å². The third kappa shape index (κ3) is 5.90. The van der Waals surface area contributed by atoms with Gasteiger partial charge in [0.1, 0.15) is 0 Å². The van der Waals surface area contributed by atoms with Crippen LogP contribution in [0.3, 0.4) is 0 Å². The number of esters is 1. The fourth-order valence-electron chi connectivity index (χ4n) is 1.64. The van der Waals surface area contributed by atoms with Crippen molar-refractivity contribution in [2.75, 3.05) is 5.75 Å². The summed E-state index contributed by atoms with van der Waals surface area (Å²) in [6.45, 7) is 3.13. The van der Waals surface area contributed by atoms with Crippen LogP contribution < -0.4 is 0 Å². The van der Waals surface area contributed by atoms with E-state index in [1.54, 1.807) is 13.8 Å². The van der Waals surface area contributed by atoms with Crippen molar-refractivity contribution in [2.24, 2.45) is 0 Å². The van der Waals surface area contributed by atoms with Crippen LogP contribution in [0.1, 0.15) is 13.8 Å². The van der Waals surface area contributed by atoms with Gasteiger partial charge in [-0.15, -0.1) is 11.8 Å². The number of carbonyl (C=O) groups excluding carboxylic acids is 1. The lowest BCUT2D eigenvalue weighted by Crippen LogP contribution is -2.49. The van der Waals surface area contributed by atoms with Crippen LogP contribution in [0.4, 0.5) is 36.4 Å². The van der Waals surface area contributed by atoms with E-state index in [0.717, 1.165) is 6.07 Å². The highest BCUT2D eigenvalue weighted by atomic mass is 32.2. The van der Waals surface area contributed by atoms with Gasteiger partial charge in [-0.05, 0) is 37.7 Å². The molecule has 0 N–H and O–H groups in total. The molecule has 5 nitrogen and oxygen atoms in total. The topological polar surface area (TPSA) is 69.4 Å². The molecule has 0 aliphatic rings. The second-order valence-electron chi connectivity index (χ2n) is 5.40. The molecular weight excluding hydrogens is 443 g/mol. The first-order valence-corrected chi connectivity index (χ1v) is 9.01. The number of alkyl halides is 7. The van der Waals surface area contributed by atoms with E-state index < -0.39 is 56.7 Å². The van der Waals surface area contributed by atoms with Crippen LogP contribution in [-0.2, 0) is 9.53 Å². The quantitative estimate of drug-likeness (QED) is 0.169. The maximum atomic E-state index is 13.4. The molecule has 28 heavy (non-hydrogen) atoms. The Kier molecular flexibility index (Phi) is 7.61. The summed E-state index contributed by atoms with van der Waals surface area (Å²) in [5, 5.41) is 5.47. The number of hydrogen-bond donors (Lipinski definition) is 0. The van der Waals surface area contributed by atoms with Gasteiger partial charge in [-0.25, -0.2) is 0 Å². The van der Waals surface area contributed by atoms with Gasteiger partial charge in [0.25, 0.3) is 5.69 Å². The van der Waals surface area contributed by atoms with Crippen LogP contribution in [0.25, 0.3) is 0 Å². The SMILES string of the molecule is CC(C)OC(=O)CSc1ccc(SC(F)(F)C(F)(F)C(F)(F)F)cc1[N+](=O)[O-]. The van der Waals surface area contributed by atoms with Crippen LogP contribution in [-0.4, -0.2) is 40.1 Å². The summed E-state index contributed by atoms with van der Waals surface area (Å²) in [5.74, 6) is -7.44. The number of thioether (sulfide) groups is 2. The number of rotatable bonds is 8. The Balaban J connectivity index is 3.07. The summed E-state index contributed by atoms with van der Waals surface area (Å²) in [7, 11) is 0. The Morgan fingerprint density at radius 3 is 2.21 bits per heavy atom. The number of carbonyl (C=O) groups is 1. The summed E-state index contributed by atoms with van der Waals surface area (Å²) < 4.78 is 94.1. The first kappa shape index (κ1) is 24.3. The molecule has 0 amide bonds. The lowest BCUT2D eigenvalue weighted by Gasteiger charge is -2.27. The number of hydrogen-bond acceptors (Lipinski definition) is 6. The summed E-state index contributed by atoms with van der Waals surface area (Å²) >= 11 is -0.535. The van der Waals surface area contributed by atoms with E-state index in [4.69, 9.17) is 4.74 Å². The predicted octanol–water partition coefficient (Wildman–Crippen LogP) is 5.52. The van der Waals surface area contributed by atoms with Crippen molar-refractivity contribution in [1.29, 1.82) is 0 Å². The molecule has 0 saturated carbocycles. The van der Waals surface area contributed by atoms with Crippen molar-refractivity contribution in [3.8, 4) is 0 Å². The van der Waals surface area contributed by atoms with Crippen molar-refractivity contribution < 1.29 is 45.2 Å². The van der Waals surface area contributed by atoms with E-state index in [0.29, 0.717) is 23.9 Å².